The molecule has 0 bridgehead atoms. The molecule has 0 spiro atoms. The average molecular weight is 473 g/mol. The first kappa shape index (κ1) is 20.9. The number of benzene rings is 3. The van der Waals surface area contributed by atoms with Gasteiger partial charge in [0.1, 0.15) is 6.61 Å². The van der Waals surface area contributed by atoms with E-state index in [0.717, 1.165) is 16.8 Å². The molecule has 0 saturated carbocycles. The molecule has 5 nitrogen and oxygen atoms in total. The van der Waals surface area contributed by atoms with E-state index in [1.54, 1.807) is 6.07 Å². The van der Waals surface area contributed by atoms with E-state index >= 15 is 0 Å². The van der Waals surface area contributed by atoms with Crippen LogP contribution in [0.2, 0.25) is 5.02 Å². The number of aryl methyl sites for hydroxylation is 1. The molecule has 29 heavy (non-hydrogen) atoms. The van der Waals surface area contributed by atoms with E-state index in [2.05, 4.69) is 31.8 Å². The summed E-state index contributed by atoms with van der Waals surface area (Å²) in [6.07, 6.45) is 1.51. The van der Waals surface area contributed by atoms with Gasteiger partial charge in [0.05, 0.1) is 15.7 Å². The summed E-state index contributed by atoms with van der Waals surface area (Å²) in [5.41, 5.74) is 5.89. The standard InChI is InChI=1S/C22H19BrClN3O2/c1-15-7-5-6-10-20(15)26-22(28)27-25-13-17-11-18(23)21(19(24)12-17)29-14-16-8-3-2-4-9-16/h2-13H,14H2,1H3,(H2,26,27,28). The fourth-order valence-corrected chi connectivity index (χ4v) is 3.54. The SMILES string of the molecule is Cc1ccccc1NC(=O)NN=Cc1cc(Cl)c(OCc2ccccc2)c(Br)c1. The Morgan fingerprint density at radius 1 is 1.14 bits per heavy atom. The number of hydrogen-bond acceptors (Lipinski definition) is 3. The summed E-state index contributed by atoms with van der Waals surface area (Å²) in [6.45, 7) is 2.33. The van der Waals surface area contributed by atoms with Crippen LogP contribution >= 0.6 is 27.5 Å². The van der Waals surface area contributed by atoms with Crippen LogP contribution in [0.5, 0.6) is 5.75 Å². The minimum atomic E-state index is -0.427. The fraction of sp³-hybridized carbons (Fsp3) is 0.0909. The highest BCUT2D eigenvalue weighted by atomic mass is 79.9. The molecule has 0 aliphatic heterocycles. The Bertz CT molecular complexity index is 1000. The van der Waals surface area contributed by atoms with Gasteiger partial charge in [0, 0.05) is 5.69 Å². The van der Waals surface area contributed by atoms with Crippen molar-refractivity contribution >= 4 is 45.5 Å². The quantitative estimate of drug-likeness (QED) is 0.334. The second kappa shape index (κ2) is 10.1. The Balaban J connectivity index is 1.59. The topological polar surface area (TPSA) is 62.7 Å². The Labute approximate surface area is 182 Å². The lowest BCUT2D eigenvalue weighted by molar-refractivity contribution is 0.252. The van der Waals surface area contributed by atoms with Crippen LogP contribution in [0.3, 0.4) is 0 Å². The smallest absolute Gasteiger partial charge is 0.339 e. The number of ether oxygens (including phenoxy) is 1. The minimum Gasteiger partial charge on any atom is -0.486 e. The highest BCUT2D eigenvalue weighted by Crippen LogP contribution is 2.34. The molecule has 3 rings (SSSR count). The van der Waals surface area contributed by atoms with Gasteiger partial charge in [0.2, 0.25) is 0 Å². The predicted molar refractivity (Wildman–Crippen MR) is 121 cm³/mol. The summed E-state index contributed by atoms with van der Waals surface area (Å²) in [6, 6.07) is 20.4. The van der Waals surface area contributed by atoms with Gasteiger partial charge in [-0.05, 0) is 57.7 Å². The van der Waals surface area contributed by atoms with Gasteiger partial charge in [-0.1, -0.05) is 60.1 Å². The highest BCUT2D eigenvalue weighted by molar-refractivity contribution is 9.10. The molecule has 3 aromatic rings. The van der Waals surface area contributed by atoms with E-state index in [4.69, 9.17) is 16.3 Å². The molecular formula is C22H19BrClN3O2. The largest absolute Gasteiger partial charge is 0.486 e. The second-order valence-corrected chi connectivity index (χ2v) is 7.49. The number of hydrazone groups is 1. The van der Waals surface area contributed by atoms with Crippen molar-refractivity contribution in [3.05, 3.63) is 92.9 Å². The zero-order chi connectivity index (χ0) is 20.6. The lowest BCUT2D eigenvalue weighted by Crippen LogP contribution is -2.24. The molecule has 0 unspecified atom stereocenters. The minimum absolute atomic E-state index is 0.410. The maximum Gasteiger partial charge on any atom is 0.339 e. The van der Waals surface area contributed by atoms with Crippen molar-refractivity contribution in [3.63, 3.8) is 0 Å². The van der Waals surface area contributed by atoms with Crippen molar-refractivity contribution in [1.29, 1.82) is 0 Å². The molecular weight excluding hydrogens is 454 g/mol. The van der Waals surface area contributed by atoms with Gasteiger partial charge in [-0.3, -0.25) is 0 Å². The molecule has 0 aromatic heterocycles. The number of anilines is 1. The van der Waals surface area contributed by atoms with E-state index in [1.807, 2.05) is 67.6 Å². The molecule has 0 heterocycles. The lowest BCUT2D eigenvalue weighted by Gasteiger charge is -2.11. The molecule has 0 radical (unpaired) electrons. The van der Waals surface area contributed by atoms with Gasteiger partial charge in [0.25, 0.3) is 0 Å². The molecule has 0 fully saturated rings. The van der Waals surface area contributed by atoms with Crippen LogP contribution in [0, 0.1) is 6.92 Å². The van der Waals surface area contributed by atoms with Crippen molar-refractivity contribution in [1.82, 2.24) is 5.43 Å². The van der Waals surface area contributed by atoms with Crippen LogP contribution in [0.15, 0.2) is 76.3 Å². The van der Waals surface area contributed by atoms with Crippen molar-refractivity contribution in [2.75, 3.05) is 5.32 Å². The van der Waals surface area contributed by atoms with Gasteiger partial charge in [-0.15, -0.1) is 0 Å². The first-order valence-corrected chi connectivity index (χ1v) is 10.0. The number of amides is 2. The number of nitrogens with zero attached hydrogens (tertiary/aromatic N) is 1. The van der Waals surface area contributed by atoms with E-state index in [1.165, 1.54) is 6.21 Å². The van der Waals surface area contributed by atoms with Crippen LogP contribution in [-0.2, 0) is 6.61 Å². The second-order valence-electron chi connectivity index (χ2n) is 6.23. The third kappa shape index (κ3) is 6.07. The number of carbonyl (C=O) groups is 1. The summed E-state index contributed by atoms with van der Waals surface area (Å²) < 4.78 is 6.53. The zero-order valence-corrected chi connectivity index (χ0v) is 18.0. The van der Waals surface area contributed by atoms with Gasteiger partial charge in [-0.25, -0.2) is 10.2 Å². The first-order valence-electron chi connectivity index (χ1n) is 8.84. The van der Waals surface area contributed by atoms with Crippen LogP contribution < -0.4 is 15.5 Å². The molecule has 3 aromatic carbocycles. The number of carbonyl (C=O) groups excluding carboxylic acids is 1. The molecule has 0 aliphatic carbocycles. The van der Waals surface area contributed by atoms with Crippen LogP contribution in [0.25, 0.3) is 0 Å². The van der Waals surface area contributed by atoms with Crippen molar-refractivity contribution in [2.45, 2.75) is 13.5 Å². The van der Waals surface area contributed by atoms with E-state index in [0.29, 0.717) is 27.4 Å². The van der Waals surface area contributed by atoms with Crippen molar-refractivity contribution in [3.8, 4) is 5.75 Å². The number of nitrogens with one attached hydrogen (secondary N) is 2. The lowest BCUT2D eigenvalue weighted by atomic mass is 10.2. The maximum atomic E-state index is 12.0. The summed E-state index contributed by atoms with van der Waals surface area (Å²) in [7, 11) is 0. The van der Waals surface area contributed by atoms with E-state index in [-0.39, 0.29) is 0 Å². The van der Waals surface area contributed by atoms with Gasteiger partial charge >= 0.3 is 6.03 Å². The van der Waals surface area contributed by atoms with Crippen LogP contribution in [-0.4, -0.2) is 12.2 Å². The van der Waals surface area contributed by atoms with Crippen LogP contribution in [0.1, 0.15) is 16.7 Å². The Morgan fingerprint density at radius 2 is 1.86 bits per heavy atom. The molecule has 7 heteroatoms. The van der Waals surface area contributed by atoms with Gasteiger partial charge < -0.3 is 10.1 Å². The third-order valence-corrected chi connectivity index (χ3v) is 4.89. The summed E-state index contributed by atoms with van der Waals surface area (Å²) >= 11 is 9.82. The monoisotopic (exact) mass is 471 g/mol. The fourth-order valence-electron chi connectivity index (χ4n) is 2.55. The Hall–Kier alpha value is -2.83. The zero-order valence-electron chi connectivity index (χ0n) is 15.7. The normalized spacial score (nSPS) is 10.7. The molecule has 0 saturated heterocycles. The summed E-state index contributed by atoms with van der Waals surface area (Å²) in [4.78, 5) is 12.0. The van der Waals surface area contributed by atoms with Crippen molar-refractivity contribution < 1.29 is 9.53 Å². The van der Waals surface area contributed by atoms with Gasteiger partial charge in [0.15, 0.2) is 5.75 Å². The van der Waals surface area contributed by atoms with Crippen molar-refractivity contribution in [2.24, 2.45) is 5.10 Å². The number of para-hydroxylation sites is 1. The Kier molecular flexibility index (Phi) is 7.27. The average Bonchev–Trinajstić information content (AvgIpc) is 2.70. The maximum absolute atomic E-state index is 12.0. The number of urea groups is 1. The molecule has 2 N–H and O–H groups in total. The summed E-state index contributed by atoms with van der Waals surface area (Å²) in [5.74, 6) is 0.554. The van der Waals surface area contributed by atoms with Crippen LogP contribution in [0.4, 0.5) is 10.5 Å². The number of hydrogen-bond donors (Lipinski definition) is 2. The molecule has 0 aliphatic rings. The van der Waals surface area contributed by atoms with E-state index < -0.39 is 6.03 Å². The number of rotatable bonds is 6. The van der Waals surface area contributed by atoms with E-state index in [9.17, 15) is 4.79 Å². The molecule has 2 amide bonds. The highest BCUT2D eigenvalue weighted by Gasteiger charge is 2.09. The Morgan fingerprint density at radius 3 is 2.59 bits per heavy atom. The molecule has 0 atom stereocenters. The predicted octanol–water partition coefficient (Wildman–Crippen LogP) is 6.15. The third-order valence-electron chi connectivity index (χ3n) is 4.02. The first-order chi connectivity index (χ1) is 14.0. The summed E-state index contributed by atoms with van der Waals surface area (Å²) in [5, 5.41) is 7.15. The molecule has 148 valence electrons. The number of halogens is 2. The van der Waals surface area contributed by atoms with Gasteiger partial charge in [-0.2, -0.15) is 5.10 Å².